The minimum absolute atomic E-state index is 0. The van der Waals surface area contributed by atoms with Crippen LogP contribution in [0.5, 0.6) is 0 Å². The Labute approximate surface area is 98.7 Å². The maximum absolute atomic E-state index is 11.5. The first-order valence-corrected chi connectivity index (χ1v) is 4.62. The second kappa shape index (κ2) is 5.13. The van der Waals surface area contributed by atoms with Gasteiger partial charge >= 0.3 is 0 Å². The van der Waals surface area contributed by atoms with Gasteiger partial charge in [-0.1, -0.05) is 41.5 Å². The van der Waals surface area contributed by atoms with Gasteiger partial charge in [0.05, 0.1) is 6.42 Å². The molecule has 0 atom stereocenters. The van der Waals surface area contributed by atoms with Gasteiger partial charge in [0.2, 0.25) is 0 Å². The summed E-state index contributed by atoms with van der Waals surface area (Å²) in [7, 11) is 0. The second-order valence-corrected chi connectivity index (χ2v) is 5.52. The molecule has 0 aromatic heterocycles. The Kier molecular flexibility index (Phi) is 6.00. The Balaban J connectivity index is 0. The third-order valence-electron chi connectivity index (χ3n) is 1.99. The summed E-state index contributed by atoms with van der Waals surface area (Å²) in [5.74, 6) is 0.0415. The summed E-state index contributed by atoms with van der Waals surface area (Å²) < 4.78 is 0. The molecule has 0 amide bonds. The molecule has 0 aliphatic carbocycles. The van der Waals surface area contributed by atoms with Crippen molar-refractivity contribution in [2.75, 3.05) is 0 Å². The van der Waals surface area contributed by atoms with Gasteiger partial charge in [-0.05, 0) is 0 Å². The van der Waals surface area contributed by atoms with Crippen LogP contribution in [0, 0.1) is 10.8 Å². The van der Waals surface area contributed by atoms with E-state index >= 15 is 0 Å². The van der Waals surface area contributed by atoms with Gasteiger partial charge in [0.25, 0.3) is 0 Å². The van der Waals surface area contributed by atoms with E-state index in [1.165, 1.54) is 0 Å². The minimum Gasteiger partial charge on any atom is -0.299 e. The van der Waals surface area contributed by atoms with Crippen molar-refractivity contribution in [3.63, 3.8) is 0 Å². The SMILES string of the molecule is CC(C)(C)C(=O)CC(=O)C(C)(C)C.[V]. The zero-order valence-corrected chi connectivity index (χ0v) is 11.4. The van der Waals surface area contributed by atoms with Crippen LogP contribution in [-0.2, 0) is 28.1 Å². The van der Waals surface area contributed by atoms with Crippen molar-refractivity contribution in [2.45, 2.75) is 48.0 Å². The predicted molar refractivity (Wildman–Crippen MR) is 53.5 cm³/mol. The van der Waals surface area contributed by atoms with Gasteiger partial charge in [0.1, 0.15) is 11.6 Å². The average Bonchev–Trinajstić information content (AvgIpc) is 1.82. The Bertz CT molecular complexity index is 194. The van der Waals surface area contributed by atoms with E-state index in [-0.39, 0.29) is 36.5 Å². The van der Waals surface area contributed by atoms with Crippen LogP contribution in [0.4, 0.5) is 0 Å². The third-order valence-corrected chi connectivity index (χ3v) is 1.99. The molecule has 0 saturated carbocycles. The smallest absolute Gasteiger partial charge is 0.145 e. The fourth-order valence-corrected chi connectivity index (χ4v) is 0.676. The molecule has 0 aromatic rings. The molecule has 14 heavy (non-hydrogen) atoms. The molecule has 0 aromatic carbocycles. The predicted octanol–water partition coefficient (Wildman–Crippen LogP) is 2.60. The van der Waals surface area contributed by atoms with Crippen molar-refractivity contribution in [2.24, 2.45) is 10.8 Å². The summed E-state index contributed by atoms with van der Waals surface area (Å²) >= 11 is 0. The van der Waals surface area contributed by atoms with Gasteiger partial charge in [-0.2, -0.15) is 0 Å². The van der Waals surface area contributed by atoms with Crippen LogP contribution < -0.4 is 0 Å². The molecule has 0 saturated heterocycles. The van der Waals surface area contributed by atoms with Crippen molar-refractivity contribution < 1.29 is 28.1 Å². The van der Waals surface area contributed by atoms with E-state index in [9.17, 15) is 9.59 Å². The maximum Gasteiger partial charge on any atom is 0.145 e. The molecular weight excluding hydrogens is 215 g/mol. The molecule has 0 aliphatic rings. The monoisotopic (exact) mass is 235 g/mol. The number of carbonyl (C=O) groups is 2. The standard InChI is InChI=1S/C11H20O2.V/c1-10(2,3)8(12)7-9(13)11(4,5)6;/h7H2,1-6H3;. The zero-order chi connectivity index (χ0) is 10.9. The van der Waals surface area contributed by atoms with Crippen molar-refractivity contribution in [1.29, 1.82) is 0 Å². The number of hydrogen-bond donors (Lipinski definition) is 0. The summed E-state index contributed by atoms with van der Waals surface area (Å²) in [6.07, 6.45) is 0.0625. The minimum atomic E-state index is -0.402. The van der Waals surface area contributed by atoms with E-state index in [0.717, 1.165) is 0 Å². The number of rotatable bonds is 2. The first-order valence-electron chi connectivity index (χ1n) is 4.62. The molecule has 1 radical (unpaired) electrons. The van der Waals surface area contributed by atoms with Crippen LogP contribution in [0.1, 0.15) is 48.0 Å². The van der Waals surface area contributed by atoms with Gasteiger partial charge in [-0.25, -0.2) is 0 Å². The number of carbonyl (C=O) groups excluding carboxylic acids is 2. The first kappa shape index (κ1) is 16.4. The molecule has 0 bridgehead atoms. The van der Waals surface area contributed by atoms with Crippen molar-refractivity contribution in [3.05, 3.63) is 0 Å². The van der Waals surface area contributed by atoms with Crippen molar-refractivity contribution in [1.82, 2.24) is 0 Å². The molecular formula is C11H20O2V. The molecule has 2 nitrogen and oxygen atoms in total. The summed E-state index contributed by atoms with van der Waals surface area (Å²) in [6, 6.07) is 0. The number of ketones is 2. The molecule has 81 valence electrons. The van der Waals surface area contributed by atoms with Gasteiger partial charge in [0, 0.05) is 29.4 Å². The van der Waals surface area contributed by atoms with Crippen LogP contribution in [-0.4, -0.2) is 11.6 Å². The van der Waals surface area contributed by atoms with E-state index < -0.39 is 10.8 Å². The fourth-order valence-electron chi connectivity index (χ4n) is 0.676. The summed E-state index contributed by atoms with van der Waals surface area (Å²) in [6.45, 7) is 11.0. The largest absolute Gasteiger partial charge is 0.299 e. The number of hydrogen-bond acceptors (Lipinski definition) is 2. The Morgan fingerprint density at radius 2 is 1.00 bits per heavy atom. The Hall–Kier alpha value is -0.0756. The first-order chi connectivity index (χ1) is 5.55. The van der Waals surface area contributed by atoms with Crippen molar-refractivity contribution >= 4 is 11.6 Å². The van der Waals surface area contributed by atoms with Crippen LogP contribution in [0.2, 0.25) is 0 Å². The van der Waals surface area contributed by atoms with E-state index in [0.29, 0.717) is 0 Å². The zero-order valence-electron chi connectivity index (χ0n) is 9.97. The average molecular weight is 235 g/mol. The quantitative estimate of drug-likeness (QED) is 0.689. The van der Waals surface area contributed by atoms with Crippen LogP contribution in [0.3, 0.4) is 0 Å². The number of Topliss-reactive ketones (excluding diaryl/α,β-unsaturated/α-hetero) is 2. The third kappa shape index (κ3) is 5.61. The maximum atomic E-state index is 11.5. The normalized spacial score (nSPS) is 11.9. The van der Waals surface area contributed by atoms with Crippen LogP contribution in [0.25, 0.3) is 0 Å². The Morgan fingerprint density at radius 1 is 0.786 bits per heavy atom. The Morgan fingerprint density at radius 3 is 1.14 bits per heavy atom. The summed E-state index contributed by atoms with van der Waals surface area (Å²) in [5, 5.41) is 0. The van der Waals surface area contributed by atoms with E-state index in [2.05, 4.69) is 0 Å². The van der Waals surface area contributed by atoms with Crippen LogP contribution >= 0.6 is 0 Å². The van der Waals surface area contributed by atoms with Gasteiger partial charge < -0.3 is 0 Å². The van der Waals surface area contributed by atoms with E-state index in [1.54, 1.807) is 0 Å². The molecule has 0 aliphatic heterocycles. The van der Waals surface area contributed by atoms with Crippen LogP contribution in [0.15, 0.2) is 0 Å². The van der Waals surface area contributed by atoms with Gasteiger partial charge in [0.15, 0.2) is 0 Å². The molecule has 0 unspecified atom stereocenters. The fraction of sp³-hybridized carbons (Fsp3) is 0.818. The van der Waals surface area contributed by atoms with Gasteiger partial charge in [-0.15, -0.1) is 0 Å². The molecule has 0 fully saturated rings. The molecule has 0 heterocycles. The van der Waals surface area contributed by atoms with E-state index in [1.807, 2.05) is 41.5 Å². The second-order valence-electron chi connectivity index (χ2n) is 5.52. The summed E-state index contributed by atoms with van der Waals surface area (Å²) in [5.41, 5.74) is -0.804. The topological polar surface area (TPSA) is 34.1 Å². The molecule has 0 spiro atoms. The molecule has 0 rings (SSSR count). The molecule has 3 heteroatoms. The van der Waals surface area contributed by atoms with Crippen molar-refractivity contribution in [3.8, 4) is 0 Å². The summed E-state index contributed by atoms with van der Waals surface area (Å²) in [4.78, 5) is 23.0. The van der Waals surface area contributed by atoms with E-state index in [4.69, 9.17) is 0 Å². The van der Waals surface area contributed by atoms with Gasteiger partial charge in [-0.3, -0.25) is 9.59 Å². The molecule has 0 N–H and O–H groups in total.